The molecule has 0 N–H and O–H groups in total. The van der Waals surface area contributed by atoms with Crippen molar-refractivity contribution in [3.63, 3.8) is 0 Å². The molecule has 0 radical (unpaired) electrons. The third-order valence-electron chi connectivity index (χ3n) is 13.8. The Kier molecular flexibility index (Phi) is 7.03. The summed E-state index contributed by atoms with van der Waals surface area (Å²) in [7, 11) is 0. The van der Waals surface area contributed by atoms with Crippen LogP contribution in [0.5, 0.6) is 11.5 Å². The average Bonchev–Trinajstić information content (AvgIpc) is 3.61. The highest BCUT2D eigenvalue weighted by Gasteiger charge is 2.43. The van der Waals surface area contributed by atoms with E-state index in [1.165, 1.54) is 108 Å². The van der Waals surface area contributed by atoms with Gasteiger partial charge in [-0.2, -0.15) is 0 Å². The number of para-hydroxylation sites is 1. The Labute approximate surface area is 349 Å². The zero-order valence-corrected chi connectivity index (χ0v) is 35.2. The zero-order chi connectivity index (χ0) is 39.3. The van der Waals surface area contributed by atoms with Crippen molar-refractivity contribution in [1.82, 2.24) is 0 Å². The maximum absolute atomic E-state index is 6.83. The second-order valence-corrected chi connectivity index (χ2v) is 20.2. The number of fused-ring (bicyclic) bond motifs is 13. The van der Waals surface area contributed by atoms with Crippen LogP contribution in [0.25, 0.3) is 55.3 Å². The van der Waals surface area contributed by atoms with E-state index in [9.17, 15) is 0 Å². The van der Waals surface area contributed by atoms with E-state index in [4.69, 9.17) is 4.74 Å². The average molecular weight is 783 g/mol. The Bertz CT molecular complexity index is 3130. The third kappa shape index (κ3) is 4.58. The Morgan fingerprint density at radius 1 is 0.379 bits per heavy atom. The van der Waals surface area contributed by atoms with E-state index in [1.807, 2.05) is 23.5 Å². The standard InChI is InChI=1S/C55H42OS2/c1-53(2)39-15-9-10-16-45(39)56-51-42(53)26-25-40-49(51)37-21-19-31(29-43(37)54(40,3)4)33-23-24-34(36-14-8-7-13-35(33)36)32-20-22-38-44(30-32)55(5,6)41-27-28-48-52(50(38)41)58-47-18-12-11-17-46(47)57-48/h7-30H,1-6H3. The lowest BCUT2D eigenvalue weighted by atomic mass is 9.74. The van der Waals surface area contributed by atoms with Crippen molar-refractivity contribution >= 4 is 34.3 Å². The number of rotatable bonds is 2. The molecule has 8 aromatic rings. The molecule has 2 aliphatic heterocycles. The molecule has 0 atom stereocenters. The van der Waals surface area contributed by atoms with Crippen LogP contribution in [-0.4, -0.2) is 0 Å². The third-order valence-corrected chi connectivity index (χ3v) is 16.4. The fourth-order valence-corrected chi connectivity index (χ4v) is 13.1. The molecule has 280 valence electrons. The number of hydrogen-bond donors (Lipinski definition) is 0. The fourth-order valence-electron chi connectivity index (χ4n) is 10.7. The van der Waals surface area contributed by atoms with E-state index < -0.39 is 0 Å². The van der Waals surface area contributed by atoms with Gasteiger partial charge in [-0.05, 0) is 103 Å². The summed E-state index contributed by atoms with van der Waals surface area (Å²) >= 11 is 3.84. The molecule has 8 aromatic carbocycles. The minimum atomic E-state index is -0.176. The minimum absolute atomic E-state index is 0.105. The summed E-state index contributed by atoms with van der Waals surface area (Å²) in [4.78, 5) is 5.46. The van der Waals surface area contributed by atoms with Crippen molar-refractivity contribution in [3.05, 3.63) is 179 Å². The fraction of sp³-hybridized carbons (Fsp3) is 0.164. The second kappa shape index (κ2) is 11.8. The number of hydrogen-bond acceptors (Lipinski definition) is 3. The lowest BCUT2D eigenvalue weighted by molar-refractivity contribution is 0.419. The van der Waals surface area contributed by atoms with Gasteiger partial charge < -0.3 is 4.74 Å². The molecule has 1 nitrogen and oxygen atoms in total. The Morgan fingerprint density at radius 2 is 0.879 bits per heavy atom. The van der Waals surface area contributed by atoms with Gasteiger partial charge in [-0.1, -0.05) is 174 Å². The molecule has 0 spiro atoms. The van der Waals surface area contributed by atoms with Gasteiger partial charge in [0.1, 0.15) is 11.5 Å². The smallest absolute Gasteiger partial charge is 0.139 e. The number of benzene rings is 8. The van der Waals surface area contributed by atoms with Crippen LogP contribution in [0, 0.1) is 0 Å². The Morgan fingerprint density at radius 3 is 1.55 bits per heavy atom. The highest BCUT2D eigenvalue weighted by molar-refractivity contribution is 8.05. The van der Waals surface area contributed by atoms with Crippen molar-refractivity contribution in [1.29, 1.82) is 0 Å². The molecule has 0 aromatic heterocycles. The van der Waals surface area contributed by atoms with E-state index in [2.05, 4.69) is 187 Å². The summed E-state index contributed by atoms with van der Waals surface area (Å²) in [6.45, 7) is 14.2. The molecule has 0 bridgehead atoms. The van der Waals surface area contributed by atoms with E-state index >= 15 is 0 Å². The van der Waals surface area contributed by atoms with Crippen LogP contribution in [0.4, 0.5) is 0 Å². The quantitative estimate of drug-likeness (QED) is 0.173. The van der Waals surface area contributed by atoms with Crippen LogP contribution in [0.3, 0.4) is 0 Å². The molecule has 0 unspecified atom stereocenters. The van der Waals surface area contributed by atoms with Gasteiger partial charge in [0.25, 0.3) is 0 Å². The van der Waals surface area contributed by atoms with Gasteiger partial charge in [0, 0.05) is 58.1 Å². The maximum Gasteiger partial charge on any atom is 0.139 e. The second-order valence-electron chi connectivity index (χ2n) is 18.0. The molecule has 0 amide bonds. The monoisotopic (exact) mass is 782 g/mol. The van der Waals surface area contributed by atoms with Gasteiger partial charge in [-0.15, -0.1) is 0 Å². The van der Waals surface area contributed by atoms with Gasteiger partial charge in [0.2, 0.25) is 0 Å². The summed E-state index contributed by atoms with van der Waals surface area (Å²) in [6, 6.07) is 54.8. The van der Waals surface area contributed by atoms with Crippen molar-refractivity contribution in [2.24, 2.45) is 0 Å². The molecule has 0 saturated heterocycles. The molecule has 58 heavy (non-hydrogen) atoms. The van der Waals surface area contributed by atoms with Gasteiger partial charge in [0.15, 0.2) is 0 Å². The molecule has 0 saturated carbocycles. The van der Waals surface area contributed by atoms with Crippen molar-refractivity contribution in [2.75, 3.05) is 0 Å². The van der Waals surface area contributed by atoms with Crippen LogP contribution >= 0.6 is 23.5 Å². The minimum Gasteiger partial charge on any atom is -0.456 e. The summed E-state index contributed by atoms with van der Waals surface area (Å²) < 4.78 is 6.83. The van der Waals surface area contributed by atoms with Crippen molar-refractivity contribution in [2.45, 2.75) is 77.4 Å². The van der Waals surface area contributed by atoms with Crippen molar-refractivity contribution < 1.29 is 4.74 Å². The molecule has 0 fully saturated rings. The lowest BCUT2D eigenvalue weighted by Crippen LogP contribution is -2.25. The topological polar surface area (TPSA) is 9.23 Å². The van der Waals surface area contributed by atoms with Gasteiger partial charge in [-0.25, -0.2) is 0 Å². The first-order chi connectivity index (χ1) is 28.0. The van der Waals surface area contributed by atoms with Gasteiger partial charge in [-0.3, -0.25) is 0 Å². The van der Waals surface area contributed by atoms with Crippen LogP contribution in [0.1, 0.15) is 74.9 Å². The Balaban J connectivity index is 0.954. The van der Waals surface area contributed by atoms with Crippen LogP contribution in [0.15, 0.2) is 165 Å². The first-order valence-corrected chi connectivity index (χ1v) is 22.0. The molecule has 3 heteroatoms. The van der Waals surface area contributed by atoms with E-state index in [0.717, 1.165) is 11.5 Å². The summed E-state index contributed by atoms with van der Waals surface area (Å²) in [6.07, 6.45) is 0. The number of ether oxygens (including phenoxy) is 1. The van der Waals surface area contributed by atoms with Crippen LogP contribution in [0.2, 0.25) is 0 Å². The van der Waals surface area contributed by atoms with Crippen LogP contribution in [-0.2, 0) is 16.2 Å². The van der Waals surface area contributed by atoms with E-state index in [1.54, 1.807) is 0 Å². The first-order valence-electron chi connectivity index (χ1n) is 20.4. The van der Waals surface area contributed by atoms with Gasteiger partial charge in [0.05, 0.1) is 0 Å². The SMILES string of the molecule is CC1(C)c2ccccc2Oc2c1ccc1c2-c2ccc(-c3ccc(-c4ccc5c(c4)C(C)(C)c4ccc6c(c4-5)Sc4ccccc4S6)c4ccccc34)cc2C1(C)C. The summed E-state index contributed by atoms with van der Waals surface area (Å²) in [5.41, 5.74) is 17.9. The van der Waals surface area contributed by atoms with Crippen molar-refractivity contribution in [3.8, 4) is 56.0 Å². The predicted octanol–water partition coefficient (Wildman–Crippen LogP) is 15.8. The molecule has 2 heterocycles. The zero-order valence-electron chi connectivity index (χ0n) is 33.6. The normalized spacial score (nSPS) is 16.5. The van der Waals surface area contributed by atoms with Crippen LogP contribution < -0.4 is 4.74 Å². The Hall–Kier alpha value is -5.48. The summed E-state index contributed by atoms with van der Waals surface area (Å²) in [5.74, 6) is 1.97. The molecular formula is C55H42OS2. The first kappa shape index (κ1) is 34.6. The predicted molar refractivity (Wildman–Crippen MR) is 243 cm³/mol. The van der Waals surface area contributed by atoms with E-state index in [0.29, 0.717) is 0 Å². The molecular weight excluding hydrogens is 741 g/mol. The molecule has 12 rings (SSSR count). The summed E-state index contributed by atoms with van der Waals surface area (Å²) in [5, 5.41) is 2.55. The lowest BCUT2D eigenvalue weighted by Gasteiger charge is -2.36. The highest BCUT2D eigenvalue weighted by Crippen LogP contribution is 2.61. The maximum atomic E-state index is 6.83. The highest BCUT2D eigenvalue weighted by atomic mass is 32.2. The largest absolute Gasteiger partial charge is 0.456 e. The molecule has 2 aliphatic carbocycles. The molecule has 4 aliphatic rings. The van der Waals surface area contributed by atoms with E-state index in [-0.39, 0.29) is 16.2 Å². The van der Waals surface area contributed by atoms with Gasteiger partial charge >= 0.3 is 0 Å².